The Kier molecular flexibility index (Phi) is 4.85. The molecule has 0 bridgehead atoms. The molecule has 24 heavy (non-hydrogen) atoms. The monoisotopic (exact) mass is 389 g/mol. The minimum atomic E-state index is -0.239. The first kappa shape index (κ1) is 16.5. The number of nitrogens with zero attached hydrogens (tertiary/aromatic N) is 1. The minimum absolute atomic E-state index is 0.239. The van der Waals surface area contributed by atoms with Crippen LogP contribution in [0.2, 0.25) is 0 Å². The average Bonchev–Trinajstić information content (AvgIpc) is 2.84. The van der Waals surface area contributed by atoms with Crippen molar-refractivity contribution in [3.8, 4) is 11.5 Å². The Balaban J connectivity index is 1.57. The number of halogens is 1. The van der Waals surface area contributed by atoms with E-state index in [4.69, 9.17) is 9.47 Å². The zero-order chi connectivity index (χ0) is 17.1. The predicted molar refractivity (Wildman–Crippen MR) is 92.6 cm³/mol. The third kappa shape index (κ3) is 3.14. The fourth-order valence-electron chi connectivity index (χ4n) is 2.61. The van der Waals surface area contributed by atoms with E-state index in [0.717, 1.165) is 4.47 Å². The van der Waals surface area contributed by atoms with Crippen molar-refractivity contribution in [1.29, 1.82) is 0 Å². The molecule has 0 aromatic heterocycles. The van der Waals surface area contributed by atoms with Crippen molar-refractivity contribution in [3.63, 3.8) is 0 Å². The highest BCUT2D eigenvalue weighted by molar-refractivity contribution is 9.10. The molecule has 3 rings (SSSR count). The SMILES string of the molecule is COc1cc(Br)ccc1OCCCN1C(=O)c2ccccc2C1=O. The van der Waals surface area contributed by atoms with Gasteiger partial charge in [-0.2, -0.15) is 0 Å². The lowest BCUT2D eigenvalue weighted by molar-refractivity contribution is 0.0646. The Labute approximate surface area is 148 Å². The molecule has 1 heterocycles. The molecule has 0 saturated heterocycles. The second-order valence-corrected chi connectivity index (χ2v) is 6.22. The number of fused-ring (bicyclic) bond motifs is 1. The van der Waals surface area contributed by atoms with Gasteiger partial charge in [0.25, 0.3) is 11.8 Å². The molecule has 0 N–H and O–H groups in total. The first-order valence-electron chi connectivity index (χ1n) is 7.53. The molecule has 2 aromatic carbocycles. The molecule has 0 atom stereocenters. The second kappa shape index (κ2) is 7.05. The zero-order valence-electron chi connectivity index (χ0n) is 13.1. The zero-order valence-corrected chi connectivity index (χ0v) is 14.7. The highest BCUT2D eigenvalue weighted by atomic mass is 79.9. The lowest BCUT2D eigenvalue weighted by Gasteiger charge is -2.15. The van der Waals surface area contributed by atoms with Crippen molar-refractivity contribution in [2.45, 2.75) is 6.42 Å². The molecule has 2 amide bonds. The quantitative estimate of drug-likeness (QED) is 0.560. The van der Waals surface area contributed by atoms with Gasteiger partial charge in [0.15, 0.2) is 11.5 Å². The van der Waals surface area contributed by atoms with Crippen molar-refractivity contribution >= 4 is 27.7 Å². The van der Waals surface area contributed by atoms with Crippen molar-refractivity contribution < 1.29 is 19.1 Å². The molecular weight excluding hydrogens is 374 g/mol. The summed E-state index contributed by atoms with van der Waals surface area (Å²) in [6.07, 6.45) is 0.546. The van der Waals surface area contributed by atoms with E-state index in [0.29, 0.717) is 42.2 Å². The summed E-state index contributed by atoms with van der Waals surface area (Å²) in [6.45, 7) is 0.705. The number of benzene rings is 2. The number of methoxy groups -OCH3 is 1. The largest absolute Gasteiger partial charge is 0.493 e. The molecule has 0 spiro atoms. The molecule has 1 aliphatic heterocycles. The first-order valence-corrected chi connectivity index (χ1v) is 8.32. The van der Waals surface area contributed by atoms with Crippen LogP contribution in [-0.4, -0.2) is 37.0 Å². The van der Waals surface area contributed by atoms with E-state index in [1.54, 1.807) is 31.4 Å². The van der Waals surface area contributed by atoms with Crippen LogP contribution in [0.5, 0.6) is 11.5 Å². The maximum Gasteiger partial charge on any atom is 0.261 e. The van der Waals surface area contributed by atoms with Crippen molar-refractivity contribution in [1.82, 2.24) is 4.90 Å². The second-order valence-electron chi connectivity index (χ2n) is 5.30. The van der Waals surface area contributed by atoms with Crippen LogP contribution in [-0.2, 0) is 0 Å². The van der Waals surface area contributed by atoms with E-state index < -0.39 is 0 Å². The highest BCUT2D eigenvalue weighted by Crippen LogP contribution is 2.30. The van der Waals surface area contributed by atoms with Gasteiger partial charge in [-0.25, -0.2) is 0 Å². The fourth-order valence-corrected chi connectivity index (χ4v) is 2.95. The van der Waals surface area contributed by atoms with Gasteiger partial charge in [0.05, 0.1) is 24.8 Å². The molecule has 5 nitrogen and oxygen atoms in total. The number of rotatable bonds is 6. The summed E-state index contributed by atoms with van der Waals surface area (Å²) in [4.78, 5) is 25.8. The van der Waals surface area contributed by atoms with Gasteiger partial charge >= 0.3 is 0 Å². The first-order chi connectivity index (χ1) is 11.6. The molecule has 0 unspecified atom stereocenters. The van der Waals surface area contributed by atoms with E-state index in [9.17, 15) is 9.59 Å². The molecule has 0 radical (unpaired) electrons. The number of carbonyl (C=O) groups excluding carboxylic acids is 2. The number of ether oxygens (including phenoxy) is 2. The third-order valence-electron chi connectivity index (χ3n) is 3.79. The molecule has 2 aromatic rings. The van der Waals surface area contributed by atoms with Crippen LogP contribution in [0.4, 0.5) is 0 Å². The Hall–Kier alpha value is -2.34. The number of imide groups is 1. The Morgan fingerprint density at radius 1 is 1.00 bits per heavy atom. The van der Waals surface area contributed by atoms with Gasteiger partial charge in [-0.1, -0.05) is 28.1 Å². The van der Waals surface area contributed by atoms with Gasteiger partial charge in [0, 0.05) is 11.0 Å². The summed E-state index contributed by atoms with van der Waals surface area (Å²) >= 11 is 3.37. The summed E-state index contributed by atoms with van der Waals surface area (Å²) in [6, 6.07) is 12.4. The van der Waals surface area contributed by atoms with Crippen LogP contribution in [0.3, 0.4) is 0 Å². The number of hydrogen-bond acceptors (Lipinski definition) is 4. The highest BCUT2D eigenvalue weighted by Gasteiger charge is 2.34. The van der Waals surface area contributed by atoms with E-state index in [1.807, 2.05) is 18.2 Å². The summed E-state index contributed by atoms with van der Waals surface area (Å²) < 4.78 is 11.9. The van der Waals surface area contributed by atoms with Crippen molar-refractivity contribution in [3.05, 3.63) is 58.1 Å². The average molecular weight is 390 g/mol. The molecule has 0 fully saturated rings. The lowest BCUT2D eigenvalue weighted by atomic mass is 10.1. The number of carbonyl (C=O) groups is 2. The van der Waals surface area contributed by atoms with Crippen molar-refractivity contribution in [2.75, 3.05) is 20.3 Å². The summed E-state index contributed by atoms with van der Waals surface area (Å²) in [5.74, 6) is 0.779. The summed E-state index contributed by atoms with van der Waals surface area (Å²) in [5.41, 5.74) is 0.941. The molecule has 6 heteroatoms. The van der Waals surface area contributed by atoms with Crippen LogP contribution in [0.25, 0.3) is 0 Å². The van der Waals surface area contributed by atoms with E-state index in [2.05, 4.69) is 15.9 Å². The van der Waals surface area contributed by atoms with Crippen LogP contribution in [0, 0.1) is 0 Å². The number of amides is 2. The normalized spacial score (nSPS) is 13.2. The number of hydrogen-bond donors (Lipinski definition) is 0. The predicted octanol–water partition coefficient (Wildman–Crippen LogP) is 3.52. The maximum absolute atomic E-state index is 12.2. The van der Waals surface area contributed by atoms with Crippen LogP contribution < -0.4 is 9.47 Å². The molecule has 1 aliphatic rings. The molecule has 0 saturated carbocycles. The van der Waals surface area contributed by atoms with Gasteiger partial charge < -0.3 is 9.47 Å². The van der Waals surface area contributed by atoms with E-state index in [-0.39, 0.29) is 11.8 Å². The summed E-state index contributed by atoms with van der Waals surface area (Å²) in [7, 11) is 1.58. The van der Waals surface area contributed by atoms with Gasteiger partial charge in [0.2, 0.25) is 0 Å². The Bertz CT molecular complexity index is 755. The van der Waals surface area contributed by atoms with E-state index >= 15 is 0 Å². The van der Waals surface area contributed by atoms with Gasteiger partial charge in [-0.15, -0.1) is 0 Å². The molecule has 124 valence electrons. The summed E-state index contributed by atoms with van der Waals surface area (Å²) in [5, 5.41) is 0. The third-order valence-corrected chi connectivity index (χ3v) is 4.28. The smallest absolute Gasteiger partial charge is 0.261 e. The fraction of sp³-hybridized carbons (Fsp3) is 0.222. The topological polar surface area (TPSA) is 55.8 Å². The van der Waals surface area contributed by atoms with Crippen LogP contribution in [0.1, 0.15) is 27.1 Å². The van der Waals surface area contributed by atoms with Crippen molar-refractivity contribution in [2.24, 2.45) is 0 Å². The minimum Gasteiger partial charge on any atom is -0.493 e. The van der Waals surface area contributed by atoms with Crippen LogP contribution >= 0.6 is 15.9 Å². The molecule has 0 aliphatic carbocycles. The van der Waals surface area contributed by atoms with E-state index in [1.165, 1.54) is 4.90 Å². The van der Waals surface area contributed by atoms with Gasteiger partial charge in [-0.3, -0.25) is 14.5 Å². The van der Waals surface area contributed by atoms with Crippen LogP contribution in [0.15, 0.2) is 46.9 Å². The standard InChI is InChI=1S/C18H16BrNO4/c1-23-16-11-12(19)7-8-15(16)24-10-4-9-20-17(21)13-5-2-3-6-14(13)18(20)22/h2-3,5-8,11H,4,9-10H2,1H3. The Morgan fingerprint density at radius 3 is 2.29 bits per heavy atom. The lowest BCUT2D eigenvalue weighted by Crippen LogP contribution is -2.31. The van der Waals surface area contributed by atoms with Gasteiger partial charge in [0.1, 0.15) is 0 Å². The van der Waals surface area contributed by atoms with Gasteiger partial charge in [-0.05, 0) is 36.8 Å². The Morgan fingerprint density at radius 2 is 1.67 bits per heavy atom. The maximum atomic E-state index is 12.2. The molecular formula is C18H16BrNO4.